The molecule has 2 aromatic rings. The lowest BCUT2D eigenvalue weighted by molar-refractivity contribution is -0.142. The van der Waals surface area contributed by atoms with Gasteiger partial charge in [-0.05, 0) is 37.1 Å². The second-order valence-corrected chi connectivity index (χ2v) is 7.11. The zero-order valence-electron chi connectivity index (χ0n) is 14.8. The van der Waals surface area contributed by atoms with E-state index in [0.717, 1.165) is 43.9 Å². The van der Waals surface area contributed by atoms with Crippen LogP contribution >= 0.6 is 0 Å². The smallest absolute Gasteiger partial charge is 0.224 e. The first-order valence-electron chi connectivity index (χ1n) is 9.33. The summed E-state index contributed by atoms with van der Waals surface area (Å²) >= 11 is 0. The number of amides is 1. The van der Waals surface area contributed by atoms with Crippen LogP contribution in [0.1, 0.15) is 24.3 Å². The van der Waals surface area contributed by atoms with Gasteiger partial charge in [0.2, 0.25) is 5.91 Å². The van der Waals surface area contributed by atoms with Crippen LogP contribution in [-0.4, -0.2) is 41.6 Å². The lowest BCUT2D eigenvalue weighted by Crippen LogP contribution is -2.53. The van der Waals surface area contributed by atoms with Crippen molar-refractivity contribution in [3.8, 4) is 0 Å². The van der Waals surface area contributed by atoms with Gasteiger partial charge in [-0.25, -0.2) is 0 Å². The number of furan rings is 1. The molecule has 0 aliphatic carbocycles. The third-order valence-electron chi connectivity index (χ3n) is 5.42. The van der Waals surface area contributed by atoms with E-state index >= 15 is 0 Å². The highest BCUT2D eigenvalue weighted by Crippen LogP contribution is 2.33. The van der Waals surface area contributed by atoms with Crippen LogP contribution in [0.15, 0.2) is 47.2 Å². The SMILES string of the molecule is O=C(NCc1ccco1)[C@@H]1CCO[C@@H]2CCN(Cc3ccccn3)C[C@H]21. The van der Waals surface area contributed by atoms with E-state index in [2.05, 4.69) is 21.3 Å². The fourth-order valence-electron chi connectivity index (χ4n) is 4.09. The summed E-state index contributed by atoms with van der Waals surface area (Å²) in [5.74, 6) is 1.12. The number of nitrogens with one attached hydrogen (secondary N) is 1. The van der Waals surface area contributed by atoms with Gasteiger partial charge in [-0.2, -0.15) is 0 Å². The van der Waals surface area contributed by atoms with Crippen LogP contribution in [0.5, 0.6) is 0 Å². The quantitative estimate of drug-likeness (QED) is 0.891. The number of ether oxygens (including phenoxy) is 1. The Morgan fingerprint density at radius 1 is 1.27 bits per heavy atom. The van der Waals surface area contributed by atoms with Crippen LogP contribution in [0.4, 0.5) is 0 Å². The van der Waals surface area contributed by atoms with Crippen LogP contribution < -0.4 is 5.32 Å². The number of pyridine rings is 1. The summed E-state index contributed by atoms with van der Waals surface area (Å²) in [4.78, 5) is 19.6. The minimum Gasteiger partial charge on any atom is -0.467 e. The Kier molecular flexibility index (Phi) is 5.32. The van der Waals surface area contributed by atoms with Gasteiger partial charge in [0, 0.05) is 44.3 Å². The largest absolute Gasteiger partial charge is 0.467 e. The van der Waals surface area contributed by atoms with Gasteiger partial charge in [0.1, 0.15) is 5.76 Å². The Balaban J connectivity index is 1.38. The second-order valence-electron chi connectivity index (χ2n) is 7.11. The van der Waals surface area contributed by atoms with Crippen molar-refractivity contribution in [3.63, 3.8) is 0 Å². The zero-order valence-corrected chi connectivity index (χ0v) is 14.8. The second kappa shape index (κ2) is 8.01. The fourth-order valence-corrected chi connectivity index (χ4v) is 4.09. The summed E-state index contributed by atoms with van der Waals surface area (Å²) in [5, 5.41) is 3.03. The summed E-state index contributed by atoms with van der Waals surface area (Å²) in [6.45, 7) is 3.79. The van der Waals surface area contributed by atoms with E-state index in [9.17, 15) is 4.79 Å². The number of fused-ring (bicyclic) bond motifs is 1. The van der Waals surface area contributed by atoms with Crippen LogP contribution in [-0.2, 0) is 22.6 Å². The molecular formula is C20H25N3O3. The van der Waals surface area contributed by atoms with Gasteiger partial charge >= 0.3 is 0 Å². The fraction of sp³-hybridized carbons (Fsp3) is 0.500. The van der Waals surface area contributed by atoms with Gasteiger partial charge in [-0.1, -0.05) is 6.07 Å². The summed E-state index contributed by atoms with van der Waals surface area (Å²) < 4.78 is 11.3. The topological polar surface area (TPSA) is 67.6 Å². The average molecular weight is 355 g/mol. The summed E-state index contributed by atoms with van der Waals surface area (Å²) in [6, 6.07) is 9.72. The number of likely N-dealkylation sites (tertiary alicyclic amines) is 1. The molecule has 2 saturated heterocycles. The van der Waals surface area contributed by atoms with Crippen molar-refractivity contribution in [1.82, 2.24) is 15.2 Å². The van der Waals surface area contributed by atoms with Crippen molar-refractivity contribution in [2.75, 3.05) is 19.7 Å². The van der Waals surface area contributed by atoms with Crippen LogP contribution in [0.2, 0.25) is 0 Å². The van der Waals surface area contributed by atoms with Gasteiger partial charge in [0.25, 0.3) is 0 Å². The molecule has 6 heteroatoms. The van der Waals surface area contributed by atoms with Crippen molar-refractivity contribution < 1.29 is 13.9 Å². The highest BCUT2D eigenvalue weighted by atomic mass is 16.5. The number of rotatable bonds is 5. The monoisotopic (exact) mass is 355 g/mol. The minimum absolute atomic E-state index is 0.00440. The highest BCUT2D eigenvalue weighted by molar-refractivity contribution is 5.79. The van der Waals surface area contributed by atoms with E-state index < -0.39 is 0 Å². The van der Waals surface area contributed by atoms with Gasteiger partial charge in [-0.15, -0.1) is 0 Å². The maximum absolute atomic E-state index is 12.8. The maximum Gasteiger partial charge on any atom is 0.224 e. The first kappa shape index (κ1) is 17.2. The molecule has 0 spiro atoms. The molecule has 1 amide bonds. The Morgan fingerprint density at radius 3 is 3.04 bits per heavy atom. The number of hydrogen-bond donors (Lipinski definition) is 1. The molecule has 6 nitrogen and oxygen atoms in total. The van der Waals surface area contributed by atoms with Gasteiger partial charge in [-0.3, -0.25) is 14.7 Å². The molecule has 0 bridgehead atoms. The Hall–Kier alpha value is -2.18. The average Bonchev–Trinajstić information content (AvgIpc) is 3.20. The van der Waals surface area contributed by atoms with Crippen molar-refractivity contribution >= 4 is 5.91 Å². The molecule has 138 valence electrons. The van der Waals surface area contributed by atoms with Crippen molar-refractivity contribution in [2.45, 2.75) is 32.0 Å². The van der Waals surface area contributed by atoms with E-state index in [-0.39, 0.29) is 23.8 Å². The van der Waals surface area contributed by atoms with Crippen molar-refractivity contribution in [2.24, 2.45) is 11.8 Å². The number of piperidine rings is 1. The van der Waals surface area contributed by atoms with E-state index in [1.54, 1.807) is 6.26 Å². The van der Waals surface area contributed by atoms with Crippen LogP contribution in [0.3, 0.4) is 0 Å². The van der Waals surface area contributed by atoms with E-state index in [0.29, 0.717) is 13.2 Å². The predicted molar refractivity (Wildman–Crippen MR) is 96.0 cm³/mol. The molecular weight excluding hydrogens is 330 g/mol. The third-order valence-corrected chi connectivity index (χ3v) is 5.42. The van der Waals surface area contributed by atoms with Crippen LogP contribution in [0, 0.1) is 11.8 Å². The molecule has 0 aromatic carbocycles. The molecule has 0 saturated carbocycles. The molecule has 2 fully saturated rings. The first-order chi connectivity index (χ1) is 12.8. The lowest BCUT2D eigenvalue weighted by atomic mass is 9.79. The summed E-state index contributed by atoms with van der Waals surface area (Å²) in [5.41, 5.74) is 1.07. The minimum atomic E-state index is -0.00440. The molecule has 2 aliphatic rings. The molecule has 4 rings (SSSR count). The van der Waals surface area contributed by atoms with Gasteiger partial charge in [0.15, 0.2) is 0 Å². The zero-order chi connectivity index (χ0) is 17.8. The Labute approximate surface area is 153 Å². The van der Waals surface area contributed by atoms with Crippen LogP contribution in [0.25, 0.3) is 0 Å². The van der Waals surface area contributed by atoms with Crippen molar-refractivity contribution in [1.29, 1.82) is 0 Å². The predicted octanol–water partition coefficient (Wildman–Crippen LogP) is 2.22. The normalized spacial score (nSPS) is 26.2. The van der Waals surface area contributed by atoms with Gasteiger partial charge in [0.05, 0.1) is 24.6 Å². The molecule has 0 radical (unpaired) electrons. The maximum atomic E-state index is 12.8. The lowest BCUT2D eigenvalue weighted by Gasteiger charge is -2.44. The molecule has 26 heavy (non-hydrogen) atoms. The molecule has 1 N–H and O–H groups in total. The van der Waals surface area contributed by atoms with Crippen molar-refractivity contribution in [3.05, 3.63) is 54.2 Å². The van der Waals surface area contributed by atoms with Gasteiger partial charge < -0.3 is 14.5 Å². The molecule has 0 unspecified atom stereocenters. The Bertz CT molecular complexity index is 704. The number of carbonyl (C=O) groups excluding carboxylic acids is 1. The summed E-state index contributed by atoms with van der Waals surface area (Å²) in [6.07, 6.45) is 5.39. The standard InChI is InChI=1S/C20H25N3O3/c24-20(22-12-16-5-3-10-25-16)17-7-11-26-19-6-9-23(14-18(17)19)13-15-4-1-2-8-21-15/h1-5,8,10,17-19H,6-7,9,11-14H2,(H,22,24)/t17-,18+,19-/m1/s1. The molecule has 2 aromatic heterocycles. The number of nitrogens with zero attached hydrogens (tertiary/aromatic N) is 2. The third kappa shape index (κ3) is 3.97. The van der Waals surface area contributed by atoms with E-state index in [1.807, 2.05) is 30.5 Å². The van der Waals surface area contributed by atoms with E-state index in [1.165, 1.54) is 0 Å². The molecule has 4 heterocycles. The number of aromatic nitrogens is 1. The number of carbonyl (C=O) groups is 1. The first-order valence-corrected chi connectivity index (χ1v) is 9.33. The Morgan fingerprint density at radius 2 is 2.23 bits per heavy atom. The number of hydrogen-bond acceptors (Lipinski definition) is 5. The molecule has 3 atom stereocenters. The summed E-state index contributed by atoms with van der Waals surface area (Å²) in [7, 11) is 0. The van der Waals surface area contributed by atoms with E-state index in [4.69, 9.17) is 9.15 Å². The molecule has 2 aliphatic heterocycles. The highest BCUT2D eigenvalue weighted by Gasteiger charge is 2.41.